The summed E-state index contributed by atoms with van der Waals surface area (Å²) in [6, 6.07) is 0. The van der Waals surface area contributed by atoms with E-state index in [4.69, 9.17) is 9.72 Å². The molecule has 1 amide bonds. The number of carbonyl (C=O) groups is 1. The van der Waals surface area contributed by atoms with Gasteiger partial charge in [-0.05, 0) is 31.7 Å². The number of hydrogen-bond donors (Lipinski definition) is 1. The molecule has 0 saturated carbocycles. The molecule has 1 aliphatic carbocycles. The lowest BCUT2D eigenvalue weighted by Crippen LogP contribution is -2.34. The summed E-state index contributed by atoms with van der Waals surface area (Å²) in [4.78, 5) is 32.1. The first kappa shape index (κ1) is 19.1. The van der Waals surface area contributed by atoms with Crippen LogP contribution in [0.25, 0.3) is 10.2 Å². The maximum absolute atomic E-state index is 13.1. The first-order valence-corrected chi connectivity index (χ1v) is 10.4. The molecule has 1 N–H and O–H groups in total. The Morgan fingerprint density at radius 3 is 3.08 bits per heavy atom. The molecule has 3 rings (SSSR count). The number of nitrogens with one attached hydrogen (secondary N) is 1. The average Bonchev–Trinajstić information content (AvgIpc) is 3.18. The molecule has 0 spiro atoms. The molecule has 2 aromatic rings. The summed E-state index contributed by atoms with van der Waals surface area (Å²) in [7, 11) is 1.59. The maximum atomic E-state index is 13.1. The Labute approximate surface area is 160 Å². The third-order valence-electron chi connectivity index (χ3n) is 4.36. The summed E-state index contributed by atoms with van der Waals surface area (Å²) in [5.41, 5.74) is 1.14. The van der Waals surface area contributed by atoms with Gasteiger partial charge in [0.2, 0.25) is 5.91 Å². The fraction of sp³-hybridized carbons (Fsp3) is 0.500. The topological polar surface area (TPSA) is 73.2 Å². The van der Waals surface area contributed by atoms with E-state index < -0.39 is 0 Å². The third-order valence-corrected chi connectivity index (χ3v) is 6.63. The Morgan fingerprint density at radius 2 is 2.35 bits per heavy atom. The summed E-state index contributed by atoms with van der Waals surface area (Å²) in [6.45, 7) is 6.88. The van der Waals surface area contributed by atoms with Gasteiger partial charge in [0.15, 0.2) is 5.16 Å². The molecule has 2 aromatic heterocycles. The highest BCUT2D eigenvalue weighted by molar-refractivity contribution is 8.00. The van der Waals surface area contributed by atoms with Crippen LogP contribution in [0.2, 0.25) is 0 Å². The molecule has 0 fully saturated rings. The number of thioether (sulfide) groups is 1. The number of nitrogens with zero attached hydrogens (tertiary/aromatic N) is 2. The molecule has 0 aromatic carbocycles. The molecule has 8 heteroatoms. The van der Waals surface area contributed by atoms with Gasteiger partial charge in [-0.25, -0.2) is 4.98 Å². The highest BCUT2D eigenvalue weighted by Crippen LogP contribution is 2.36. The van der Waals surface area contributed by atoms with Gasteiger partial charge in [-0.15, -0.1) is 17.9 Å². The van der Waals surface area contributed by atoms with E-state index in [1.807, 2.05) is 6.92 Å². The first-order valence-electron chi connectivity index (χ1n) is 8.66. The van der Waals surface area contributed by atoms with Crippen LogP contribution < -0.4 is 10.9 Å². The van der Waals surface area contributed by atoms with Crippen molar-refractivity contribution in [1.29, 1.82) is 0 Å². The van der Waals surface area contributed by atoms with Crippen LogP contribution in [0.1, 0.15) is 23.8 Å². The summed E-state index contributed by atoms with van der Waals surface area (Å²) in [5, 5.41) is 3.78. The number of methoxy groups -OCH3 is 1. The van der Waals surface area contributed by atoms with Gasteiger partial charge >= 0.3 is 0 Å². The number of rotatable bonds is 8. The van der Waals surface area contributed by atoms with Gasteiger partial charge in [0, 0.05) is 25.1 Å². The number of amides is 1. The number of fused-ring (bicyclic) bond motifs is 3. The van der Waals surface area contributed by atoms with Crippen molar-refractivity contribution >= 4 is 39.2 Å². The third kappa shape index (κ3) is 3.72. The lowest BCUT2D eigenvalue weighted by molar-refractivity contribution is -0.120. The largest absolute Gasteiger partial charge is 0.383 e. The Morgan fingerprint density at radius 1 is 1.54 bits per heavy atom. The zero-order valence-electron chi connectivity index (χ0n) is 15.0. The van der Waals surface area contributed by atoms with Gasteiger partial charge in [0.25, 0.3) is 5.56 Å². The van der Waals surface area contributed by atoms with E-state index in [9.17, 15) is 9.59 Å². The van der Waals surface area contributed by atoms with Gasteiger partial charge in [-0.1, -0.05) is 17.8 Å². The second-order valence-electron chi connectivity index (χ2n) is 6.18. The number of hydrogen-bond acceptors (Lipinski definition) is 6. The van der Waals surface area contributed by atoms with Gasteiger partial charge < -0.3 is 10.1 Å². The summed E-state index contributed by atoms with van der Waals surface area (Å²) < 4.78 is 6.58. The van der Waals surface area contributed by atoms with Crippen LogP contribution in [-0.4, -0.2) is 41.0 Å². The predicted octanol–water partition coefficient (Wildman–Crippen LogP) is 2.38. The van der Waals surface area contributed by atoms with E-state index >= 15 is 0 Å². The van der Waals surface area contributed by atoms with Crippen LogP contribution in [0, 0.1) is 0 Å². The molecule has 1 aliphatic rings. The molecule has 0 bridgehead atoms. The minimum Gasteiger partial charge on any atom is -0.383 e. The summed E-state index contributed by atoms with van der Waals surface area (Å²) >= 11 is 2.92. The van der Waals surface area contributed by atoms with Crippen molar-refractivity contribution in [2.75, 3.05) is 20.3 Å². The van der Waals surface area contributed by atoms with E-state index in [-0.39, 0.29) is 16.7 Å². The van der Waals surface area contributed by atoms with Crippen LogP contribution in [0.3, 0.4) is 0 Å². The van der Waals surface area contributed by atoms with Crippen molar-refractivity contribution in [3.8, 4) is 0 Å². The highest BCUT2D eigenvalue weighted by Gasteiger charge is 2.24. The summed E-state index contributed by atoms with van der Waals surface area (Å²) in [6.07, 6.45) is 4.77. The van der Waals surface area contributed by atoms with Gasteiger partial charge in [-0.2, -0.15) is 0 Å². The van der Waals surface area contributed by atoms with Gasteiger partial charge in [0.1, 0.15) is 4.83 Å². The Bertz CT molecular complexity index is 888. The van der Waals surface area contributed by atoms with Crippen molar-refractivity contribution in [3.63, 3.8) is 0 Å². The fourth-order valence-electron chi connectivity index (χ4n) is 3.07. The van der Waals surface area contributed by atoms with Crippen LogP contribution in [0.15, 0.2) is 22.6 Å². The molecular formula is C18H23N3O3S2. The predicted molar refractivity (Wildman–Crippen MR) is 106 cm³/mol. The number of allylic oxidation sites excluding steroid dienone is 1. The van der Waals surface area contributed by atoms with Gasteiger partial charge in [-0.3, -0.25) is 14.2 Å². The quantitative estimate of drug-likeness (QED) is 0.323. The van der Waals surface area contributed by atoms with Crippen LogP contribution in [-0.2, 0) is 28.9 Å². The SMILES string of the molecule is C=CCn1c(S[C@H](C)C(=O)NCCOC)nc2sc3c(c2c1=O)CCC3. The van der Waals surface area contributed by atoms with E-state index in [0.717, 1.165) is 29.5 Å². The fourth-order valence-corrected chi connectivity index (χ4v) is 5.31. The molecule has 26 heavy (non-hydrogen) atoms. The second kappa shape index (κ2) is 8.37. The van der Waals surface area contributed by atoms with Crippen molar-refractivity contribution in [2.45, 2.75) is 43.1 Å². The molecule has 0 aliphatic heterocycles. The summed E-state index contributed by atoms with van der Waals surface area (Å²) in [5.74, 6) is -0.0970. The zero-order chi connectivity index (χ0) is 18.7. The molecule has 0 saturated heterocycles. The normalized spacial score (nSPS) is 14.4. The molecule has 0 radical (unpaired) electrons. The number of aryl methyl sites for hydroxylation is 2. The van der Waals surface area contributed by atoms with E-state index in [2.05, 4.69) is 11.9 Å². The van der Waals surface area contributed by atoms with Crippen LogP contribution >= 0.6 is 23.1 Å². The molecular weight excluding hydrogens is 370 g/mol. The smallest absolute Gasteiger partial charge is 0.263 e. The molecule has 1 atom stereocenters. The van der Waals surface area contributed by atoms with E-state index in [0.29, 0.717) is 24.9 Å². The first-order chi connectivity index (χ1) is 12.6. The monoisotopic (exact) mass is 393 g/mol. The van der Waals surface area contributed by atoms with Crippen molar-refractivity contribution in [1.82, 2.24) is 14.9 Å². The standard InChI is InChI=1S/C18H23N3O3S2/c1-4-9-21-17(23)14-12-6-5-7-13(12)26-16(14)20-18(21)25-11(2)15(22)19-8-10-24-3/h4,11H,1,5-10H2,2-3H3,(H,19,22)/t11-/m1/s1. The molecule has 6 nitrogen and oxygen atoms in total. The minimum absolute atomic E-state index is 0.0243. The average molecular weight is 394 g/mol. The number of thiophene rings is 1. The number of ether oxygens (including phenoxy) is 1. The molecule has 0 unspecified atom stereocenters. The maximum Gasteiger partial charge on any atom is 0.263 e. The lowest BCUT2D eigenvalue weighted by atomic mass is 10.2. The van der Waals surface area contributed by atoms with Crippen molar-refractivity contribution in [2.24, 2.45) is 0 Å². The van der Waals surface area contributed by atoms with E-state index in [1.54, 1.807) is 29.1 Å². The van der Waals surface area contributed by atoms with E-state index in [1.165, 1.54) is 22.2 Å². The lowest BCUT2D eigenvalue weighted by Gasteiger charge is -2.15. The second-order valence-corrected chi connectivity index (χ2v) is 8.57. The number of aromatic nitrogens is 2. The molecule has 2 heterocycles. The van der Waals surface area contributed by atoms with Gasteiger partial charge in [0.05, 0.1) is 17.2 Å². The minimum atomic E-state index is -0.362. The Hall–Kier alpha value is -1.64. The molecule has 140 valence electrons. The van der Waals surface area contributed by atoms with Crippen molar-refractivity contribution in [3.05, 3.63) is 33.4 Å². The highest BCUT2D eigenvalue weighted by atomic mass is 32.2. The zero-order valence-corrected chi connectivity index (χ0v) is 16.7. The van der Waals surface area contributed by atoms with Crippen molar-refractivity contribution < 1.29 is 9.53 Å². The Balaban J connectivity index is 1.92. The Kier molecular flexibility index (Phi) is 6.16. The van der Waals surface area contributed by atoms with Crippen LogP contribution in [0.4, 0.5) is 0 Å². The van der Waals surface area contributed by atoms with Crippen LogP contribution in [0.5, 0.6) is 0 Å². The number of carbonyl (C=O) groups excluding carboxylic acids is 1.